The summed E-state index contributed by atoms with van der Waals surface area (Å²) in [6, 6.07) is 0. The van der Waals surface area contributed by atoms with Crippen molar-refractivity contribution in [3.63, 3.8) is 0 Å². The van der Waals surface area contributed by atoms with Crippen molar-refractivity contribution in [1.29, 1.82) is 0 Å². The number of hydrogen-bond donors (Lipinski definition) is 1. The second-order valence-electron chi connectivity index (χ2n) is 2.00. The van der Waals surface area contributed by atoms with Crippen LogP contribution in [0.1, 0.15) is 26.2 Å². The third-order valence-corrected chi connectivity index (χ3v) is 1.13. The van der Waals surface area contributed by atoms with Gasteiger partial charge in [0.05, 0.1) is 0 Å². The summed E-state index contributed by atoms with van der Waals surface area (Å²) < 4.78 is 0. The molecule has 0 aromatic rings. The van der Waals surface area contributed by atoms with Gasteiger partial charge in [0.2, 0.25) is 0 Å². The van der Waals surface area contributed by atoms with E-state index in [1.54, 1.807) is 6.92 Å². The zero-order valence-electron chi connectivity index (χ0n) is 6.31. The monoisotopic (exact) mass is 139 g/mol. The van der Waals surface area contributed by atoms with Crippen LogP contribution in [0.25, 0.3) is 0 Å². The van der Waals surface area contributed by atoms with E-state index in [1.807, 2.05) is 0 Å². The van der Waals surface area contributed by atoms with E-state index in [9.17, 15) is 4.79 Å². The smallest absolute Gasteiger partial charge is 0.135 e. The van der Waals surface area contributed by atoms with Gasteiger partial charge < -0.3 is 5.73 Å². The summed E-state index contributed by atoms with van der Waals surface area (Å²) in [5.41, 5.74) is 5.18. The summed E-state index contributed by atoms with van der Waals surface area (Å²) in [5, 5.41) is 0. The maximum Gasteiger partial charge on any atom is 0.135 e. The quantitative estimate of drug-likeness (QED) is 0.583. The highest BCUT2D eigenvalue weighted by atomic mass is 16.1. The van der Waals surface area contributed by atoms with Gasteiger partial charge in [0, 0.05) is 19.3 Å². The van der Waals surface area contributed by atoms with Crippen molar-refractivity contribution in [3.8, 4) is 11.8 Å². The van der Waals surface area contributed by atoms with E-state index in [0.29, 0.717) is 25.8 Å². The van der Waals surface area contributed by atoms with Crippen molar-refractivity contribution >= 4 is 5.78 Å². The van der Waals surface area contributed by atoms with Crippen molar-refractivity contribution in [2.75, 3.05) is 6.54 Å². The Morgan fingerprint density at radius 3 is 2.70 bits per heavy atom. The van der Waals surface area contributed by atoms with E-state index in [2.05, 4.69) is 11.8 Å². The average molecular weight is 139 g/mol. The lowest BCUT2D eigenvalue weighted by Crippen LogP contribution is -2.06. The molecule has 56 valence electrons. The van der Waals surface area contributed by atoms with Crippen molar-refractivity contribution in [2.24, 2.45) is 5.73 Å². The van der Waals surface area contributed by atoms with Gasteiger partial charge in [-0.15, -0.1) is 11.8 Å². The average Bonchev–Trinajstić information content (AvgIpc) is 1.89. The number of carbonyl (C=O) groups excluding carboxylic acids is 1. The fourth-order valence-corrected chi connectivity index (χ4v) is 0.613. The molecule has 0 aromatic heterocycles. The Morgan fingerprint density at radius 2 is 2.20 bits per heavy atom. The lowest BCUT2D eigenvalue weighted by molar-refractivity contribution is -0.118. The predicted octanol–water partition coefficient (Wildman–Crippen LogP) is 0.708. The van der Waals surface area contributed by atoms with Crippen LogP contribution in [-0.4, -0.2) is 12.3 Å². The van der Waals surface area contributed by atoms with Crippen LogP contribution in [0.3, 0.4) is 0 Å². The number of nitrogens with two attached hydrogens (primary N) is 1. The van der Waals surface area contributed by atoms with Crippen molar-refractivity contribution < 1.29 is 4.79 Å². The molecule has 0 aliphatic carbocycles. The molecule has 0 amide bonds. The maximum absolute atomic E-state index is 10.8. The van der Waals surface area contributed by atoms with Crippen LogP contribution in [0, 0.1) is 11.8 Å². The fourth-order valence-electron chi connectivity index (χ4n) is 0.613. The van der Waals surface area contributed by atoms with Crippen LogP contribution < -0.4 is 5.73 Å². The first-order valence-corrected chi connectivity index (χ1v) is 3.42. The van der Waals surface area contributed by atoms with Gasteiger partial charge in [0.25, 0.3) is 0 Å². The molecule has 0 spiro atoms. The normalized spacial score (nSPS) is 8.20. The Hall–Kier alpha value is -0.810. The molecule has 0 saturated carbocycles. The summed E-state index contributed by atoms with van der Waals surface area (Å²) in [5.74, 6) is 5.77. The molecule has 0 aliphatic heterocycles. The third-order valence-electron chi connectivity index (χ3n) is 1.13. The van der Waals surface area contributed by atoms with Gasteiger partial charge >= 0.3 is 0 Å². The number of ketones is 1. The van der Waals surface area contributed by atoms with Gasteiger partial charge in [-0.3, -0.25) is 4.79 Å². The molecule has 0 fully saturated rings. The van der Waals surface area contributed by atoms with Crippen molar-refractivity contribution in [2.45, 2.75) is 26.2 Å². The second kappa shape index (κ2) is 6.31. The molecule has 2 nitrogen and oxygen atoms in total. The number of rotatable bonds is 4. The Kier molecular flexibility index (Phi) is 5.80. The molecular weight excluding hydrogens is 126 g/mol. The highest BCUT2D eigenvalue weighted by molar-refractivity contribution is 5.78. The van der Waals surface area contributed by atoms with Crippen LogP contribution in [0.4, 0.5) is 0 Å². The molecule has 0 bridgehead atoms. The first-order chi connectivity index (χ1) is 4.81. The minimum Gasteiger partial charge on any atom is -0.330 e. The Morgan fingerprint density at radius 1 is 1.50 bits per heavy atom. The SMILES string of the molecule is CC#CCCC(=O)CCN. The lowest BCUT2D eigenvalue weighted by atomic mass is 10.2. The molecule has 0 radical (unpaired) electrons. The van der Waals surface area contributed by atoms with Gasteiger partial charge in [0.15, 0.2) is 0 Å². The number of carbonyl (C=O) groups is 1. The van der Waals surface area contributed by atoms with Gasteiger partial charge in [-0.1, -0.05) is 0 Å². The lowest BCUT2D eigenvalue weighted by Gasteiger charge is -1.91. The summed E-state index contributed by atoms with van der Waals surface area (Å²) in [6.45, 7) is 2.23. The topological polar surface area (TPSA) is 43.1 Å². The van der Waals surface area contributed by atoms with E-state index in [1.165, 1.54) is 0 Å². The number of hydrogen-bond acceptors (Lipinski definition) is 2. The fraction of sp³-hybridized carbons (Fsp3) is 0.625. The minimum absolute atomic E-state index is 0.213. The Bertz CT molecular complexity index is 152. The summed E-state index contributed by atoms with van der Waals surface area (Å²) in [7, 11) is 0. The van der Waals surface area contributed by atoms with Crippen LogP contribution in [0.2, 0.25) is 0 Å². The maximum atomic E-state index is 10.8. The molecule has 0 heterocycles. The minimum atomic E-state index is 0.213. The highest BCUT2D eigenvalue weighted by Crippen LogP contribution is 1.91. The summed E-state index contributed by atoms with van der Waals surface area (Å²) in [6.07, 6.45) is 1.72. The molecule has 0 aliphatic rings. The molecule has 0 aromatic carbocycles. The van der Waals surface area contributed by atoms with Crippen LogP contribution in [0.5, 0.6) is 0 Å². The van der Waals surface area contributed by atoms with Crippen LogP contribution >= 0.6 is 0 Å². The van der Waals surface area contributed by atoms with Crippen LogP contribution in [-0.2, 0) is 4.79 Å². The van der Waals surface area contributed by atoms with E-state index < -0.39 is 0 Å². The predicted molar refractivity (Wildman–Crippen MR) is 41.4 cm³/mol. The van der Waals surface area contributed by atoms with Gasteiger partial charge in [-0.25, -0.2) is 0 Å². The zero-order chi connectivity index (χ0) is 7.82. The van der Waals surface area contributed by atoms with Gasteiger partial charge in [-0.2, -0.15) is 0 Å². The van der Waals surface area contributed by atoms with Gasteiger partial charge in [0.1, 0.15) is 5.78 Å². The Labute approximate surface area is 61.8 Å². The molecule has 0 rings (SSSR count). The molecule has 2 heteroatoms. The number of Topliss-reactive ketones (excluding diaryl/α,β-unsaturated/α-hetero) is 1. The first kappa shape index (κ1) is 9.19. The first-order valence-electron chi connectivity index (χ1n) is 3.42. The van der Waals surface area contributed by atoms with E-state index in [4.69, 9.17) is 5.73 Å². The largest absolute Gasteiger partial charge is 0.330 e. The molecule has 0 unspecified atom stereocenters. The molecule has 0 saturated heterocycles. The molecular formula is C8H13NO. The molecule has 10 heavy (non-hydrogen) atoms. The molecule has 2 N–H and O–H groups in total. The standard InChI is InChI=1S/C8H13NO/c1-2-3-4-5-8(10)6-7-9/h4-7,9H2,1H3. The van der Waals surface area contributed by atoms with E-state index >= 15 is 0 Å². The van der Waals surface area contributed by atoms with Crippen molar-refractivity contribution in [3.05, 3.63) is 0 Å². The second-order valence-corrected chi connectivity index (χ2v) is 2.00. The van der Waals surface area contributed by atoms with Crippen LogP contribution in [0.15, 0.2) is 0 Å². The van der Waals surface area contributed by atoms with Gasteiger partial charge in [-0.05, 0) is 13.5 Å². The van der Waals surface area contributed by atoms with E-state index in [-0.39, 0.29) is 5.78 Å². The van der Waals surface area contributed by atoms with E-state index in [0.717, 1.165) is 0 Å². The summed E-state index contributed by atoms with van der Waals surface area (Å²) >= 11 is 0. The highest BCUT2D eigenvalue weighted by Gasteiger charge is 1.96. The zero-order valence-corrected chi connectivity index (χ0v) is 6.31. The Balaban J connectivity index is 3.27. The summed E-state index contributed by atoms with van der Waals surface area (Å²) in [4.78, 5) is 10.8. The van der Waals surface area contributed by atoms with Crippen molar-refractivity contribution in [1.82, 2.24) is 0 Å². The molecule has 0 atom stereocenters. The third kappa shape index (κ3) is 5.33.